The van der Waals surface area contributed by atoms with Crippen LogP contribution in [0.5, 0.6) is 0 Å². The second-order valence-corrected chi connectivity index (χ2v) is 6.84. The maximum Gasteiger partial charge on any atom is 0.236 e. The lowest BCUT2D eigenvalue weighted by molar-refractivity contribution is -0.133. The van der Waals surface area contributed by atoms with E-state index in [9.17, 15) is 4.79 Å². The van der Waals surface area contributed by atoms with Crippen molar-refractivity contribution in [2.24, 2.45) is 5.73 Å². The highest BCUT2D eigenvalue weighted by molar-refractivity contribution is 7.13. The van der Waals surface area contributed by atoms with Gasteiger partial charge in [0.2, 0.25) is 11.8 Å². The maximum absolute atomic E-state index is 12.4. The molecule has 1 fully saturated rings. The predicted octanol–water partition coefficient (Wildman–Crippen LogP) is 2.30. The zero-order chi connectivity index (χ0) is 16.8. The first-order chi connectivity index (χ1) is 11.8. The summed E-state index contributed by atoms with van der Waals surface area (Å²) in [7, 11) is 0. The largest absolute Gasteiger partial charge is 0.444 e. The summed E-state index contributed by atoms with van der Waals surface area (Å²) in [5.41, 5.74) is 6.15. The van der Waals surface area contributed by atoms with E-state index in [0.29, 0.717) is 24.7 Å². The Balaban J connectivity index is 1.46. The van der Waals surface area contributed by atoms with E-state index in [4.69, 9.17) is 14.9 Å². The average molecular weight is 349 g/mol. The first-order valence-electron chi connectivity index (χ1n) is 8.34. The minimum Gasteiger partial charge on any atom is -0.444 e. The zero-order valence-electron chi connectivity index (χ0n) is 13.6. The van der Waals surface area contributed by atoms with Crippen LogP contribution in [0, 0.1) is 0 Å². The molecule has 6 nitrogen and oxygen atoms in total. The number of oxazole rings is 1. The van der Waals surface area contributed by atoms with Crippen molar-refractivity contribution in [2.75, 3.05) is 26.2 Å². The molecule has 0 saturated carbocycles. The van der Waals surface area contributed by atoms with Crippen molar-refractivity contribution in [3.63, 3.8) is 0 Å². The smallest absolute Gasteiger partial charge is 0.236 e. The molecule has 0 radical (unpaired) electrons. The van der Waals surface area contributed by atoms with Gasteiger partial charge in [0, 0.05) is 19.7 Å². The molecule has 0 atom stereocenters. The molecule has 1 amide bonds. The Morgan fingerprint density at radius 1 is 1.46 bits per heavy atom. The van der Waals surface area contributed by atoms with Crippen LogP contribution in [0.15, 0.2) is 28.2 Å². The molecule has 3 heterocycles. The van der Waals surface area contributed by atoms with Crippen LogP contribution in [0.25, 0.3) is 10.8 Å². The van der Waals surface area contributed by atoms with Gasteiger partial charge in [0.05, 0.1) is 23.1 Å². The molecule has 1 saturated heterocycles. The van der Waals surface area contributed by atoms with Gasteiger partial charge < -0.3 is 19.8 Å². The summed E-state index contributed by atoms with van der Waals surface area (Å²) in [6, 6.07) is 3.91. The highest BCUT2D eigenvalue weighted by Crippen LogP contribution is 2.24. The Labute approximate surface area is 145 Å². The van der Waals surface area contributed by atoms with Crippen molar-refractivity contribution in [1.29, 1.82) is 0 Å². The van der Waals surface area contributed by atoms with Crippen LogP contribution in [0.2, 0.25) is 0 Å². The van der Waals surface area contributed by atoms with E-state index in [1.165, 1.54) is 0 Å². The summed E-state index contributed by atoms with van der Waals surface area (Å²) in [6.45, 7) is 2.84. The summed E-state index contributed by atoms with van der Waals surface area (Å²) in [4.78, 5) is 19.7. The monoisotopic (exact) mass is 349 g/mol. The third kappa shape index (κ3) is 4.43. The number of nitrogens with zero attached hydrogens (tertiary/aromatic N) is 2. The molecule has 3 rings (SSSR count). The summed E-state index contributed by atoms with van der Waals surface area (Å²) in [6.07, 6.45) is 4.77. The zero-order valence-corrected chi connectivity index (χ0v) is 14.5. The Bertz CT molecular complexity index is 633. The van der Waals surface area contributed by atoms with Crippen molar-refractivity contribution in [1.82, 2.24) is 9.88 Å². The minimum atomic E-state index is 0.0986. The topological polar surface area (TPSA) is 81.6 Å². The number of nitrogens with two attached hydrogens (primary N) is 1. The lowest BCUT2D eigenvalue weighted by Crippen LogP contribution is -2.41. The van der Waals surface area contributed by atoms with E-state index < -0.39 is 0 Å². The van der Waals surface area contributed by atoms with Gasteiger partial charge in [-0.05, 0) is 37.3 Å². The number of rotatable bonds is 7. The van der Waals surface area contributed by atoms with Gasteiger partial charge >= 0.3 is 0 Å². The molecule has 1 aliphatic rings. The van der Waals surface area contributed by atoms with E-state index in [2.05, 4.69) is 4.98 Å². The number of amides is 1. The number of piperidine rings is 1. The molecule has 1 aliphatic heterocycles. The van der Waals surface area contributed by atoms with Crippen molar-refractivity contribution >= 4 is 17.2 Å². The van der Waals surface area contributed by atoms with E-state index in [0.717, 1.165) is 37.2 Å². The van der Waals surface area contributed by atoms with Crippen LogP contribution in [0.1, 0.15) is 25.0 Å². The fourth-order valence-corrected chi connectivity index (χ4v) is 3.43. The molecular weight excluding hydrogens is 326 g/mol. The average Bonchev–Trinajstić information content (AvgIpc) is 3.27. The molecule has 0 spiro atoms. The van der Waals surface area contributed by atoms with Crippen molar-refractivity contribution in [3.05, 3.63) is 29.5 Å². The number of aromatic nitrogens is 1. The lowest BCUT2D eigenvalue weighted by atomic mass is 10.1. The third-order valence-electron chi connectivity index (χ3n) is 4.11. The fourth-order valence-electron chi connectivity index (χ4n) is 2.77. The van der Waals surface area contributed by atoms with Crippen molar-refractivity contribution < 1.29 is 13.9 Å². The molecule has 7 heteroatoms. The standard InChI is InChI=1S/C17H23N3O3S/c18-6-2-9-22-14-4-7-20(8-5-14)16(21)11-13-12-23-17(19-13)15-3-1-10-24-15/h1,3,10,12,14H,2,4-9,11,18H2. The maximum atomic E-state index is 12.4. The summed E-state index contributed by atoms with van der Waals surface area (Å²) < 4.78 is 11.2. The van der Waals surface area contributed by atoms with Gasteiger partial charge in [-0.2, -0.15) is 0 Å². The molecule has 2 N–H and O–H groups in total. The number of likely N-dealkylation sites (tertiary alicyclic amines) is 1. The molecule has 0 bridgehead atoms. The molecule has 0 aromatic carbocycles. The Morgan fingerprint density at radius 3 is 3.00 bits per heavy atom. The Hall–Kier alpha value is -1.70. The van der Waals surface area contributed by atoms with Crippen LogP contribution >= 0.6 is 11.3 Å². The van der Waals surface area contributed by atoms with Gasteiger partial charge in [-0.25, -0.2) is 4.98 Å². The first-order valence-corrected chi connectivity index (χ1v) is 9.22. The molecule has 2 aromatic rings. The van der Waals surface area contributed by atoms with Gasteiger partial charge in [0.25, 0.3) is 0 Å². The number of carbonyl (C=O) groups excluding carboxylic acids is 1. The predicted molar refractivity (Wildman–Crippen MR) is 92.7 cm³/mol. The summed E-state index contributed by atoms with van der Waals surface area (Å²) in [5, 5.41) is 1.98. The summed E-state index contributed by atoms with van der Waals surface area (Å²) in [5.74, 6) is 0.682. The van der Waals surface area contributed by atoms with Crippen LogP contribution in [0.3, 0.4) is 0 Å². The minimum absolute atomic E-state index is 0.0986. The number of hydrogen-bond donors (Lipinski definition) is 1. The SMILES string of the molecule is NCCCOC1CCN(C(=O)Cc2coc(-c3cccs3)n2)CC1. The summed E-state index contributed by atoms with van der Waals surface area (Å²) >= 11 is 1.57. The quantitative estimate of drug-likeness (QED) is 0.776. The van der Waals surface area contributed by atoms with E-state index in [1.54, 1.807) is 17.6 Å². The second kappa shape index (κ2) is 8.41. The number of thiophene rings is 1. The van der Waals surface area contributed by atoms with Gasteiger partial charge in [0.15, 0.2) is 0 Å². The van der Waals surface area contributed by atoms with Crippen molar-refractivity contribution in [3.8, 4) is 10.8 Å². The fraction of sp³-hybridized carbons (Fsp3) is 0.529. The first kappa shape index (κ1) is 17.1. The van der Waals surface area contributed by atoms with Gasteiger partial charge in [-0.3, -0.25) is 4.79 Å². The third-order valence-corrected chi connectivity index (χ3v) is 4.97. The number of carbonyl (C=O) groups is 1. The van der Waals surface area contributed by atoms with Gasteiger partial charge in [-0.15, -0.1) is 11.3 Å². The van der Waals surface area contributed by atoms with E-state index in [1.807, 2.05) is 22.4 Å². The van der Waals surface area contributed by atoms with E-state index >= 15 is 0 Å². The van der Waals surface area contributed by atoms with Crippen molar-refractivity contribution in [2.45, 2.75) is 31.8 Å². The lowest BCUT2D eigenvalue weighted by Gasteiger charge is -2.31. The molecule has 2 aromatic heterocycles. The van der Waals surface area contributed by atoms with E-state index in [-0.39, 0.29) is 18.4 Å². The molecule has 0 aliphatic carbocycles. The second-order valence-electron chi connectivity index (χ2n) is 5.89. The van der Waals surface area contributed by atoms with Crippen LogP contribution in [-0.4, -0.2) is 48.1 Å². The van der Waals surface area contributed by atoms with Crippen LogP contribution in [-0.2, 0) is 16.0 Å². The highest BCUT2D eigenvalue weighted by Gasteiger charge is 2.24. The Kier molecular flexibility index (Phi) is 6.01. The molecule has 130 valence electrons. The Morgan fingerprint density at radius 2 is 2.29 bits per heavy atom. The highest BCUT2D eigenvalue weighted by atomic mass is 32.1. The molecule has 0 unspecified atom stereocenters. The van der Waals surface area contributed by atoms with Gasteiger partial charge in [-0.1, -0.05) is 6.07 Å². The molecule has 24 heavy (non-hydrogen) atoms. The number of hydrogen-bond acceptors (Lipinski definition) is 6. The van der Waals surface area contributed by atoms with Crippen LogP contribution in [0.4, 0.5) is 0 Å². The van der Waals surface area contributed by atoms with Crippen LogP contribution < -0.4 is 5.73 Å². The van der Waals surface area contributed by atoms with Gasteiger partial charge in [0.1, 0.15) is 6.26 Å². The molecular formula is C17H23N3O3S. The number of ether oxygens (including phenoxy) is 1. The normalized spacial score (nSPS) is 15.8.